The van der Waals surface area contributed by atoms with Crippen molar-refractivity contribution in [1.29, 1.82) is 0 Å². The molecule has 0 saturated carbocycles. The summed E-state index contributed by atoms with van der Waals surface area (Å²) >= 11 is 0. The zero-order valence-electron chi connectivity index (χ0n) is 15.3. The zero-order valence-corrected chi connectivity index (χ0v) is 15.3. The molecule has 0 bridgehead atoms. The van der Waals surface area contributed by atoms with Gasteiger partial charge < -0.3 is 5.11 Å². The van der Waals surface area contributed by atoms with Gasteiger partial charge in [-0.05, 0) is 19.1 Å². The monoisotopic (exact) mass is 397 g/mol. The SMILES string of the molecule is Cc1c(N=Cc2cc([N+](=O)[O-])cc([N+](=O)[O-])c2O)c(=O)n(-c2ccccc2)n1C. The number of hydrogen-bond acceptors (Lipinski definition) is 7. The van der Waals surface area contributed by atoms with Crippen LogP contribution in [0.3, 0.4) is 0 Å². The maximum absolute atomic E-state index is 12.8. The molecule has 0 amide bonds. The summed E-state index contributed by atoms with van der Waals surface area (Å²) in [5, 5.41) is 32.2. The second-order valence-corrected chi connectivity index (χ2v) is 6.09. The molecule has 1 N–H and O–H groups in total. The summed E-state index contributed by atoms with van der Waals surface area (Å²) in [7, 11) is 1.67. The number of aliphatic imine (C=N–C) groups is 1. The summed E-state index contributed by atoms with van der Waals surface area (Å²) < 4.78 is 2.97. The number of phenols is 1. The van der Waals surface area contributed by atoms with Crippen LogP contribution in [0.1, 0.15) is 11.3 Å². The number of rotatable bonds is 5. The minimum absolute atomic E-state index is 0.0323. The highest BCUT2D eigenvalue weighted by Gasteiger charge is 2.23. The summed E-state index contributed by atoms with van der Waals surface area (Å²) in [4.78, 5) is 37.2. The number of nitro benzene ring substituents is 2. The molecule has 3 aromatic rings. The highest BCUT2D eigenvalue weighted by molar-refractivity contribution is 5.88. The van der Waals surface area contributed by atoms with Crippen molar-refractivity contribution in [2.24, 2.45) is 12.0 Å². The molecule has 3 rings (SSSR count). The number of hydrogen-bond donors (Lipinski definition) is 1. The maximum Gasteiger partial charge on any atom is 0.318 e. The van der Waals surface area contributed by atoms with Crippen LogP contribution in [-0.4, -0.2) is 30.5 Å². The first-order chi connectivity index (χ1) is 13.7. The number of phenolic OH excluding ortho intramolecular Hbond substituents is 1. The van der Waals surface area contributed by atoms with Gasteiger partial charge >= 0.3 is 5.69 Å². The summed E-state index contributed by atoms with van der Waals surface area (Å²) in [6.45, 7) is 1.66. The summed E-state index contributed by atoms with van der Waals surface area (Å²) in [5.74, 6) is -0.777. The van der Waals surface area contributed by atoms with Crippen LogP contribution in [-0.2, 0) is 7.05 Å². The van der Waals surface area contributed by atoms with E-state index in [1.165, 1.54) is 4.68 Å². The van der Waals surface area contributed by atoms with Crippen molar-refractivity contribution in [2.45, 2.75) is 6.92 Å². The Balaban J connectivity index is 2.14. The molecule has 29 heavy (non-hydrogen) atoms. The molecule has 0 unspecified atom stereocenters. The fourth-order valence-electron chi connectivity index (χ4n) is 2.81. The van der Waals surface area contributed by atoms with Gasteiger partial charge in [0.2, 0.25) is 5.75 Å². The quantitative estimate of drug-likeness (QED) is 0.398. The van der Waals surface area contributed by atoms with Crippen LogP contribution in [0.4, 0.5) is 17.1 Å². The Bertz CT molecular complexity index is 1210. The third-order valence-corrected chi connectivity index (χ3v) is 4.37. The van der Waals surface area contributed by atoms with Crippen molar-refractivity contribution in [3.63, 3.8) is 0 Å². The second kappa shape index (κ2) is 7.38. The largest absolute Gasteiger partial charge is 0.502 e. The fourth-order valence-corrected chi connectivity index (χ4v) is 2.81. The molecule has 148 valence electrons. The molecule has 1 aromatic heterocycles. The number of aromatic hydroxyl groups is 1. The molecule has 0 aliphatic rings. The van der Waals surface area contributed by atoms with E-state index in [0.29, 0.717) is 17.4 Å². The van der Waals surface area contributed by atoms with Crippen LogP contribution in [0.25, 0.3) is 5.69 Å². The minimum atomic E-state index is -0.935. The van der Waals surface area contributed by atoms with Crippen LogP contribution in [0.15, 0.2) is 52.3 Å². The lowest BCUT2D eigenvalue weighted by atomic mass is 10.1. The van der Waals surface area contributed by atoms with Gasteiger partial charge in [-0.25, -0.2) is 9.67 Å². The van der Waals surface area contributed by atoms with Gasteiger partial charge in [0.1, 0.15) is 0 Å². The second-order valence-electron chi connectivity index (χ2n) is 6.09. The van der Waals surface area contributed by atoms with Gasteiger partial charge in [0.05, 0.1) is 27.3 Å². The van der Waals surface area contributed by atoms with Gasteiger partial charge in [-0.3, -0.25) is 29.7 Å². The summed E-state index contributed by atoms with van der Waals surface area (Å²) in [5.41, 5.74) is -0.973. The standard InChI is InChI=1S/C18H15N5O6/c1-11-16(18(25)21(20(11)2)13-6-4-3-5-7-13)19-10-12-8-14(22(26)27)9-15(17(12)24)23(28)29/h3-10,24H,1-2H3. The number of benzene rings is 2. The molecule has 0 aliphatic heterocycles. The van der Waals surface area contributed by atoms with Gasteiger partial charge in [-0.1, -0.05) is 18.2 Å². The van der Waals surface area contributed by atoms with E-state index in [4.69, 9.17) is 0 Å². The Morgan fingerprint density at radius 3 is 2.34 bits per heavy atom. The smallest absolute Gasteiger partial charge is 0.318 e. The van der Waals surface area contributed by atoms with E-state index >= 15 is 0 Å². The molecular formula is C18H15N5O6. The molecule has 0 atom stereocenters. The Morgan fingerprint density at radius 2 is 1.76 bits per heavy atom. The van der Waals surface area contributed by atoms with Gasteiger partial charge in [0.25, 0.3) is 11.2 Å². The Labute approximate surface area is 163 Å². The van der Waals surface area contributed by atoms with Crippen LogP contribution >= 0.6 is 0 Å². The molecule has 11 heteroatoms. The molecule has 1 heterocycles. The van der Waals surface area contributed by atoms with E-state index in [2.05, 4.69) is 4.99 Å². The molecule has 0 spiro atoms. The number of para-hydroxylation sites is 1. The minimum Gasteiger partial charge on any atom is -0.502 e. The van der Waals surface area contributed by atoms with Gasteiger partial charge in [-0.15, -0.1) is 0 Å². The first kappa shape index (κ1) is 19.5. The summed E-state index contributed by atoms with van der Waals surface area (Å²) in [6, 6.07) is 10.4. The van der Waals surface area contributed by atoms with E-state index in [-0.39, 0.29) is 11.3 Å². The van der Waals surface area contributed by atoms with Crippen molar-refractivity contribution in [2.75, 3.05) is 0 Å². The number of aromatic nitrogens is 2. The predicted molar refractivity (Wildman–Crippen MR) is 104 cm³/mol. The fraction of sp³-hybridized carbons (Fsp3) is 0.111. The first-order valence-corrected chi connectivity index (χ1v) is 8.26. The number of nitro groups is 2. The lowest BCUT2D eigenvalue weighted by Gasteiger charge is -2.07. The van der Waals surface area contributed by atoms with Crippen LogP contribution in [0.5, 0.6) is 5.75 Å². The van der Waals surface area contributed by atoms with Crippen molar-refractivity contribution >= 4 is 23.3 Å². The van der Waals surface area contributed by atoms with E-state index in [1.807, 2.05) is 0 Å². The molecule has 0 fully saturated rings. The van der Waals surface area contributed by atoms with Crippen molar-refractivity contribution in [3.05, 3.63) is 84.3 Å². The topological polar surface area (TPSA) is 146 Å². The molecule has 0 aliphatic carbocycles. The zero-order chi connectivity index (χ0) is 21.3. The average molecular weight is 397 g/mol. The third kappa shape index (κ3) is 3.48. The van der Waals surface area contributed by atoms with E-state index < -0.39 is 32.5 Å². The van der Waals surface area contributed by atoms with E-state index in [1.54, 1.807) is 49.0 Å². The molecule has 0 saturated heterocycles. The number of non-ortho nitro benzene ring substituents is 1. The van der Waals surface area contributed by atoms with E-state index in [0.717, 1.165) is 12.3 Å². The summed E-state index contributed by atoms with van der Waals surface area (Å²) in [6.07, 6.45) is 0.994. The van der Waals surface area contributed by atoms with Gasteiger partial charge in [-0.2, -0.15) is 0 Å². The van der Waals surface area contributed by atoms with Crippen LogP contribution in [0, 0.1) is 27.2 Å². The Morgan fingerprint density at radius 1 is 1.10 bits per heavy atom. The van der Waals surface area contributed by atoms with Gasteiger partial charge in [0, 0.05) is 24.9 Å². The van der Waals surface area contributed by atoms with Crippen molar-refractivity contribution in [3.8, 4) is 11.4 Å². The van der Waals surface area contributed by atoms with Gasteiger partial charge in [0.15, 0.2) is 5.69 Å². The van der Waals surface area contributed by atoms with Crippen molar-refractivity contribution < 1.29 is 15.0 Å². The van der Waals surface area contributed by atoms with Crippen LogP contribution in [0.2, 0.25) is 0 Å². The van der Waals surface area contributed by atoms with E-state index in [9.17, 15) is 30.1 Å². The van der Waals surface area contributed by atoms with Crippen LogP contribution < -0.4 is 5.56 Å². The number of nitrogens with zero attached hydrogens (tertiary/aromatic N) is 5. The molecule has 0 radical (unpaired) electrons. The molecular weight excluding hydrogens is 382 g/mol. The van der Waals surface area contributed by atoms with Crippen molar-refractivity contribution in [1.82, 2.24) is 9.36 Å². The lowest BCUT2D eigenvalue weighted by Crippen LogP contribution is -2.19. The Kier molecular flexibility index (Phi) is 4.96. The predicted octanol–water partition coefficient (Wildman–Crippen LogP) is 2.76. The maximum atomic E-state index is 12.8. The third-order valence-electron chi connectivity index (χ3n) is 4.37. The highest BCUT2D eigenvalue weighted by Crippen LogP contribution is 2.33. The lowest BCUT2D eigenvalue weighted by molar-refractivity contribution is -0.394. The Hall–Kier alpha value is -4.28. The average Bonchev–Trinajstić information content (AvgIpc) is 2.90. The highest BCUT2D eigenvalue weighted by atomic mass is 16.6. The molecule has 11 nitrogen and oxygen atoms in total. The normalized spacial score (nSPS) is 11.1. The first-order valence-electron chi connectivity index (χ1n) is 8.26. The molecule has 2 aromatic carbocycles.